The third kappa shape index (κ3) is 2.36. The molecule has 2 heterocycles. The fourth-order valence-electron chi connectivity index (χ4n) is 3.15. The molecule has 4 nitrogen and oxygen atoms in total. The number of morpholine rings is 1. The first-order chi connectivity index (χ1) is 9.61. The van der Waals surface area contributed by atoms with Gasteiger partial charge >= 0.3 is 5.97 Å². The summed E-state index contributed by atoms with van der Waals surface area (Å²) in [7, 11) is 5.90. The van der Waals surface area contributed by atoms with E-state index in [0.717, 1.165) is 5.56 Å². The third-order valence-corrected chi connectivity index (χ3v) is 4.42. The molecule has 0 spiro atoms. The van der Waals surface area contributed by atoms with E-state index in [0.29, 0.717) is 13.2 Å². The molecule has 2 unspecified atom stereocenters. The standard InChI is InChI=1S/C15H18BNO3/c1-10-13-14(16)20-15(10,9-17-13)7-12(18)19-8-11-5-3-2-4-6-11/h2-6,10,13-14,17H,7-9H2,1H3/t10?,13?,14-,15+/m1/s1. The minimum atomic E-state index is -0.502. The number of carbonyl (C=O) groups excluding carboxylic acids is 1. The van der Waals surface area contributed by atoms with Gasteiger partial charge < -0.3 is 14.8 Å². The van der Waals surface area contributed by atoms with Crippen LogP contribution in [0.25, 0.3) is 0 Å². The maximum atomic E-state index is 12.0. The summed E-state index contributed by atoms with van der Waals surface area (Å²) in [5.74, 6) is -0.0148. The molecule has 2 radical (unpaired) electrons. The van der Waals surface area contributed by atoms with E-state index in [1.54, 1.807) is 0 Å². The number of benzene rings is 1. The average Bonchev–Trinajstić information content (AvgIpc) is 2.86. The highest BCUT2D eigenvalue weighted by molar-refractivity contribution is 6.12. The molecular weight excluding hydrogens is 253 g/mol. The number of rotatable bonds is 4. The Labute approximate surface area is 120 Å². The zero-order valence-corrected chi connectivity index (χ0v) is 11.5. The zero-order valence-electron chi connectivity index (χ0n) is 11.5. The van der Waals surface area contributed by atoms with E-state index in [1.165, 1.54) is 0 Å². The number of fused-ring (bicyclic) bond motifs is 2. The van der Waals surface area contributed by atoms with Crippen LogP contribution < -0.4 is 5.32 Å². The summed E-state index contributed by atoms with van der Waals surface area (Å²) in [6, 6.07) is 9.46. The van der Waals surface area contributed by atoms with Crippen LogP contribution in [-0.4, -0.2) is 38.0 Å². The van der Waals surface area contributed by atoms with Crippen molar-refractivity contribution in [3.63, 3.8) is 0 Å². The average molecular weight is 271 g/mol. The molecule has 3 rings (SSSR count). The van der Waals surface area contributed by atoms with Crippen molar-refractivity contribution < 1.29 is 14.3 Å². The molecule has 2 aliphatic rings. The molecule has 104 valence electrons. The van der Waals surface area contributed by atoms with Crippen LogP contribution in [0.4, 0.5) is 0 Å². The van der Waals surface area contributed by atoms with Gasteiger partial charge in [0.1, 0.15) is 14.5 Å². The molecule has 2 fully saturated rings. The lowest BCUT2D eigenvalue weighted by Gasteiger charge is -2.30. The quantitative estimate of drug-likeness (QED) is 0.655. The van der Waals surface area contributed by atoms with Gasteiger partial charge in [-0.3, -0.25) is 4.79 Å². The molecule has 20 heavy (non-hydrogen) atoms. The van der Waals surface area contributed by atoms with Crippen LogP contribution in [0.3, 0.4) is 0 Å². The maximum Gasteiger partial charge on any atom is 0.309 e. The molecule has 0 aliphatic carbocycles. The van der Waals surface area contributed by atoms with Crippen LogP contribution in [0.15, 0.2) is 30.3 Å². The fourth-order valence-corrected chi connectivity index (χ4v) is 3.15. The lowest BCUT2D eigenvalue weighted by Crippen LogP contribution is -2.46. The summed E-state index contributed by atoms with van der Waals surface area (Å²) >= 11 is 0. The van der Waals surface area contributed by atoms with Gasteiger partial charge in [-0.15, -0.1) is 0 Å². The van der Waals surface area contributed by atoms with E-state index in [-0.39, 0.29) is 30.4 Å². The van der Waals surface area contributed by atoms with Gasteiger partial charge in [0.25, 0.3) is 0 Å². The van der Waals surface area contributed by atoms with Crippen molar-refractivity contribution >= 4 is 13.8 Å². The summed E-state index contributed by atoms with van der Waals surface area (Å²) in [5, 5.41) is 3.32. The van der Waals surface area contributed by atoms with E-state index in [1.807, 2.05) is 30.3 Å². The highest BCUT2D eigenvalue weighted by Crippen LogP contribution is 2.42. The fraction of sp³-hybridized carbons (Fsp3) is 0.533. The molecule has 1 aromatic carbocycles. The van der Waals surface area contributed by atoms with Gasteiger partial charge in [-0.05, 0) is 5.56 Å². The van der Waals surface area contributed by atoms with Gasteiger partial charge in [0.15, 0.2) is 0 Å². The molecule has 0 aromatic heterocycles. The number of hydrogen-bond donors (Lipinski definition) is 1. The van der Waals surface area contributed by atoms with Gasteiger partial charge in [0.2, 0.25) is 0 Å². The molecular formula is C15H18BNO3. The number of esters is 1. The molecule has 4 atom stereocenters. The van der Waals surface area contributed by atoms with Crippen molar-refractivity contribution in [3.8, 4) is 0 Å². The third-order valence-electron chi connectivity index (χ3n) is 4.42. The van der Waals surface area contributed by atoms with Crippen molar-refractivity contribution in [2.24, 2.45) is 5.92 Å². The molecule has 2 saturated heterocycles. The van der Waals surface area contributed by atoms with E-state index < -0.39 is 5.60 Å². The van der Waals surface area contributed by atoms with Crippen LogP contribution in [0.5, 0.6) is 0 Å². The highest BCUT2D eigenvalue weighted by atomic mass is 16.5. The lowest BCUT2D eigenvalue weighted by atomic mass is 9.84. The Morgan fingerprint density at radius 2 is 2.25 bits per heavy atom. The predicted molar refractivity (Wildman–Crippen MR) is 75.2 cm³/mol. The number of ether oxygens (including phenoxy) is 2. The monoisotopic (exact) mass is 271 g/mol. The minimum Gasteiger partial charge on any atom is -0.461 e. The van der Waals surface area contributed by atoms with Gasteiger partial charge in [-0.1, -0.05) is 37.3 Å². The predicted octanol–water partition coefficient (Wildman–Crippen LogP) is 0.991. The largest absolute Gasteiger partial charge is 0.461 e. The van der Waals surface area contributed by atoms with Crippen LogP contribution in [0.2, 0.25) is 0 Å². The zero-order chi connectivity index (χ0) is 14.2. The first-order valence-electron chi connectivity index (χ1n) is 6.97. The number of carbonyl (C=O) groups is 1. The van der Waals surface area contributed by atoms with Crippen molar-refractivity contribution in [2.75, 3.05) is 6.54 Å². The summed E-state index contributed by atoms with van der Waals surface area (Å²) < 4.78 is 11.1. The summed E-state index contributed by atoms with van der Waals surface area (Å²) in [5.41, 5.74) is 0.482. The second-order valence-corrected chi connectivity index (χ2v) is 5.67. The second kappa shape index (κ2) is 5.22. The Bertz CT molecular complexity index is 495. The van der Waals surface area contributed by atoms with Crippen molar-refractivity contribution in [3.05, 3.63) is 35.9 Å². The van der Waals surface area contributed by atoms with Crippen molar-refractivity contribution in [2.45, 2.75) is 37.6 Å². The van der Waals surface area contributed by atoms with Crippen LogP contribution >= 0.6 is 0 Å². The van der Waals surface area contributed by atoms with Gasteiger partial charge in [0, 0.05) is 24.5 Å². The van der Waals surface area contributed by atoms with Crippen molar-refractivity contribution in [1.29, 1.82) is 0 Å². The number of nitrogens with one attached hydrogen (secondary N) is 1. The first kappa shape index (κ1) is 13.6. The smallest absolute Gasteiger partial charge is 0.309 e. The Kier molecular flexibility index (Phi) is 3.56. The molecule has 1 aromatic rings. The summed E-state index contributed by atoms with van der Waals surface area (Å²) in [4.78, 5) is 12.0. The second-order valence-electron chi connectivity index (χ2n) is 5.67. The Morgan fingerprint density at radius 1 is 1.50 bits per heavy atom. The highest BCUT2D eigenvalue weighted by Gasteiger charge is 2.56. The molecule has 2 aliphatic heterocycles. The van der Waals surface area contributed by atoms with Crippen LogP contribution in [-0.2, 0) is 20.9 Å². The lowest BCUT2D eigenvalue weighted by molar-refractivity contribution is -0.153. The minimum absolute atomic E-state index is 0.136. The first-order valence-corrected chi connectivity index (χ1v) is 6.97. The summed E-state index contributed by atoms with van der Waals surface area (Å²) in [6.45, 7) is 3.03. The summed E-state index contributed by atoms with van der Waals surface area (Å²) in [6.07, 6.45) is 0.248. The number of hydrogen-bond acceptors (Lipinski definition) is 4. The van der Waals surface area contributed by atoms with Gasteiger partial charge in [-0.2, -0.15) is 0 Å². The Morgan fingerprint density at radius 3 is 2.85 bits per heavy atom. The topological polar surface area (TPSA) is 47.6 Å². The van der Waals surface area contributed by atoms with E-state index >= 15 is 0 Å². The Hall–Kier alpha value is -1.33. The maximum absolute atomic E-state index is 12.0. The SMILES string of the molecule is [B][C@@H]1O[C@@]2(CC(=O)OCc3ccccc3)CNC1C2C. The van der Waals surface area contributed by atoms with E-state index in [4.69, 9.17) is 17.3 Å². The van der Waals surface area contributed by atoms with Gasteiger partial charge in [0.05, 0.1) is 12.0 Å². The molecule has 0 saturated carbocycles. The normalized spacial score (nSPS) is 35.1. The van der Waals surface area contributed by atoms with Crippen LogP contribution in [0.1, 0.15) is 18.9 Å². The van der Waals surface area contributed by atoms with Gasteiger partial charge in [-0.25, -0.2) is 0 Å². The molecule has 5 heteroatoms. The van der Waals surface area contributed by atoms with E-state index in [9.17, 15) is 4.79 Å². The molecule has 1 N–H and O–H groups in total. The molecule has 0 amide bonds. The van der Waals surface area contributed by atoms with Crippen LogP contribution in [0, 0.1) is 5.92 Å². The molecule has 2 bridgehead atoms. The Balaban J connectivity index is 1.57. The van der Waals surface area contributed by atoms with E-state index in [2.05, 4.69) is 12.2 Å². The van der Waals surface area contributed by atoms with Crippen molar-refractivity contribution in [1.82, 2.24) is 5.32 Å².